The van der Waals surface area contributed by atoms with Crippen molar-refractivity contribution in [2.75, 3.05) is 18.0 Å². The Labute approximate surface area is 145 Å². The van der Waals surface area contributed by atoms with Crippen LogP contribution in [0.15, 0.2) is 9.62 Å². The van der Waals surface area contributed by atoms with E-state index < -0.39 is 5.97 Å². The lowest BCUT2D eigenvalue weighted by Crippen LogP contribution is -2.15. The largest absolute Gasteiger partial charge is 0.458 e. The molecule has 0 fully saturated rings. The van der Waals surface area contributed by atoms with Gasteiger partial charge in [-0.2, -0.15) is 4.68 Å². The third kappa shape index (κ3) is 3.53. The zero-order chi connectivity index (χ0) is 17.1. The van der Waals surface area contributed by atoms with E-state index in [-0.39, 0.29) is 23.4 Å². The summed E-state index contributed by atoms with van der Waals surface area (Å²) in [5, 5.41) is 15.1. The molecule has 10 nitrogen and oxygen atoms in total. The summed E-state index contributed by atoms with van der Waals surface area (Å²) in [7, 11) is 0. The molecule has 0 saturated carbocycles. The topological polar surface area (TPSA) is 134 Å². The molecule has 0 radical (unpaired) electrons. The average Bonchev–Trinajstić information content (AvgIpc) is 3.24. The highest BCUT2D eigenvalue weighted by molar-refractivity contribution is 8.38. The van der Waals surface area contributed by atoms with Crippen molar-refractivity contribution in [3.8, 4) is 5.82 Å². The monoisotopic (exact) mass is 369 g/mol. The van der Waals surface area contributed by atoms with Crippen molar-refractivity contribution < 1.29 is 14.2 Å². The summed E-state index contributed by atoms with van der Waals surface area (Å²) in [6.07, 6.45) is -0.267. The highest BCUT2D eigenvalue weighted by Crippen LogP contribution is 2.27. The van der Waals surface area contributed by atoms with E-state index in [0.717, 1.165) is 16.7 Å². The predicted octanol–water partition coefficient (Wildman–Crippen LogP) is 1.13. The van der Waals surface area contributed by atoms with Crippen molar-refractivity contribution in [3.05, 3.63) is 11.4 Å². The molecule has 3 rings (SSSR count). The van der Waals surface area contributed by atoms with Crippen molar-refractivity contribution in [2.45, 2.75) is 25.7 Å². The highest BCUT2D eigenvalue weighted by atomic mass is 32.2. The molecule has 3 heterocycles. The van der Waals surface area contributed by atoms with Crippen LogP contribution < -0.4 is 5.73 Å². The Morgan fingerprint density at radius 1 is 1.50 bits per heavy atom. The van der Waals surface area contributed by atoms with Crippen LogP contribution >= 0.6 is 23.5 Å². The number of nitrogens with two attached hydrogens (primary N) is 1. The molecule has 0 atom stereocenters. The number of thioether (sulfide) groups is 2. The quantitative estimate of drug-likeness (QED) is 0.764. The SMILES string of the molecule is CC(C)OC(=O)c1nnn(-c2nonc2N)c1CSC1=NCCS1. The van der Waals surface area contributed by atoms with Crippen LogP contribution in [0.25, 0.3) is 5.82 Å². The van der Waals surface area contributed by atoms with Crippen LogP contribution in [0.4, 0.5) is 5.82 Å². The summed E-state index contributed by atoms with van der Waals surface area (Å²) >= 11 is 3.17. The zero-order valence-corrected chi connectivity index (χ0v) is 14.6. The second-order valence-corrected chi connectivity index (χ2v) is 7.31. The molecule has 0 spiro atoms. The average molecular weight is 369 g/mol. The van der Waals surface area contributed by atoms with Gasteiger partial charge in [-0.15, -0.1) is 5.10 Å². The summed E-state index contributed by atoms with van der Waals surface area (Å²) in [6, 6.07) is 0. The second-order valence-electron chi connectivity index (χ2n) is 5.01. The standard InChI is InChI=1S/C12H15N7O3S2/c1-6(2)21-11(20)8-7(5-24-12-14-3-4-23-12)19(18-15-8)10-9(13)16-22-17-10/h6H,3-5H2,1-2H3,(H2,13,16). The Morgan fingerprint density at radius 2 is 2.33 bits per heavy atom. The normalized spacial score (nSPS) is 14.2. The molecule has 0 aromatic carbocycles. The van der Waals surface area contributed by atoms with E-state index in [2.05, 4.69) is 30.2 Å². The number of nitrogen functional groups attached to an aromatic ring is 1. The number of esters is 1. The molecule has 2 aromatic rings. The van der Waals surface area contributed by atoms with Crippen LogP contribution in [0.5, 0.6) is 0 Å². The Hall–Kier alpha value is -2.08. The molecule has 0 saturated heterocycles. The minimum Gasteiger partial charge on any atom is -0.458 e. The van der Waals surface area contributed by atoms with Gasteiger partial charge in [0.1, 0.15) is 4.38 Å². The number of anilines is 1. The molecule has 0 amide bonds. The first kappa shape index (κ1) is 16.8. The van der Waals surface area contributed by atoms with Gasteiger partial charge in [-0.25, -0.2) is 9.42 Å². The summed E-state index contributed by atoms with van der Waals surface area (Å²) in [5.74, 6) is 1.06. The van der Waals surface area contributed by atoms with Crippen molar-refractivity contribution in [2.24, 2.45) is 4.99 Å². The fourth-order valence-electron chi connectivity index (χ4n) is 1.90. The Balaban J connectivity index is 1.92. The summed E-state index contributed by atoms with van der Waals surface area (Å²) < 4.78 is 12.1. The molecule has 1 aliphatic heterocycles. The van der Waals surface area contributed by atoms with Crippen LogP contribution in [-0.2, 0) is 10.5 Å². The van der Waals surface area contributed by atoms with Crippen molar-refractivity contribution >= 4 is 39.7 Å². The lowest BCUT2D eigenvalue weighted by molar-refractivity contribution is 0.0369. The predicted molar refractivity (Wildman–Crippen MR) is 90.2 cm³/mol. The Kier molecular flexibility index (Phi) is 5.04. The molecule has 2 N–H and O–H groups in total. The van der Waals surface area contributed by atoms with E-state index in [1.165, 1.54) is 16.4 Å². The number of carbonyl (C=O) groups is 1. The molecule has 0 aliphatic carbocycles. The van der Waals surface area contributed by atoms with Crippen molar-refractivity contribution in [1.29, 1.82) is 0 Å². The second kappa shape index (κ2) is 7.21. The van der Waals surface area contributed by atoms with Crippen molar-refractivity contribution in [1.82, 2.24) is 25.3 Å². The van der Waals surface area contributed by atoms with Gasteiger partial charge in [-0.3, -0.25) is 4.99 Å². The molecule has 0 bridgehead atoms. The van der Waals surface area contributed by atoms with Gasteiger partial charge in [-0.05, 0) is 24.2 Å². The first-order chi connectivity index (χ1) is 11.6. The Morgan fingerprint density at radius 3 is 2.96 bits per heavy atom. The van der Waals surface area contributed by atoms with Crippen LogP contribution in [0.2, 0.25) is 0 Å². The van der Waals surface area contributed by atoms with Crippen molar-refractivity contribution in [3.63, 3.8) is 0 Å². The fourth-order valence-corrected chi connectivity index (χ4v) is 3.90. The third-order valence-corrected chi connectivity index (χ3v) is 5.15. The number of aromatic nitrogens is 5. The lowest BCUT2D eigenvalue weighted by Gasteiger charge is -2.08. The fraction of sp³-hybridized carbons (Fsp3) is 0.500. The maximum atomic E-state index is 12.3. The zero-order valence-electron chi connectivity index (χ0n) is 13.0. The first-order valence-electron chi connectivity index (χ1n) is 7.10. The smallest absolute Gasteiger partial charge is 0.361 e. The summed E-state index contributed by atoms with van der Waals surface area (Å²) in [5.41, 5.74) is 6.34. The maximum absolute atomic E-state index is 12.3. The van der Waals surface area contributed by atoms with Gasteiger partial charge in [0, 0.05) is 11.5 Å². The van der Waals surface area contributed by atoms with Gasteiger partial charge in [0.2, 0.25) is 11.6 Å². The van der Waals surface area contributed by atoms with Gasteiger partial charge in [0.25, 0.3) is 0 Å². The number of nitrogens with zero attached hydrogens (tertiary/aromatic N) is 6. The molecule has 1 aliphatic rings. The molecule has 12 heteroatoms. The maximum Gasteiger partial charge on any atom is 0.361 e. The number of hydrogen-bond donors (Lipinski definition) is 1. The number of hydrogen-bond acceptors (Lipinski definition) is 11. The molecule has 128 valence electrons. The van der Waals surface area contributed by atoms with Gasteiger partial charge in [0.15, 0.2) is 5.69 Å². The van der Waals surface area contributed by atoms with Gasteiger partial charge >= 0.3 is 5.97 Å². The van der Waals surface area contributed by atoms with E-state index >= 15 is 0 Å². The summed E-state index contributed by atoms with van der Waals surface area (Å²) in [6.45, 7) is 4.33. The Bertz CT molecular complexity index is 771. The number of aliphatic imine (C=N–C) groups is 1. The van der Waals surface area contributed by atoms with E-state index in [1.54, 1.807) is 25.6 Å². The van der Waals surface area contributed by atoms with E-state index in [1.807, 2.05) is 0 Å². The summed E-state index contributed by atoms with van der Waals surface area (Å²) in [4.78, 5) is 16.6. The number of rotatable bonds is 5. The van der Waals surface area contributed by atoms with Crippen LogP contribution in [0.3, 0.4) is 0 Å². The molecule has 24 heavy (non-hydrogen) atoms. The van der Waals surface area contributed by atoms with Gasteiger partial charge in [0.05, 0.1) is 18.3 Å². The van der Waals surface area contributed by atoms with E-state index in [0.29, 0.717) is 11.4 Å². The lowest BCUT2D eigenvalue weighted by atomic mass is 10.3. The molecular weight excluding hydrogens is 354 g/mol. The highest BCUT2D eigenvalue weighted by Gasteiger charge is 2.26. The molecule has 2 aromatic heterocycles. The number of carbonyl (C=O) groups excluding carboxylic acids is 1. The van der Waals surface area contributed by atoms with Gasteiger partial charge in [-0.1, -0.05) is 28.7 Å². The first-order valence-corrected chi connectivity index (χ1v) is 9.07. The number of ether oxygens (including phenoxy) is 1. The minimum absolute atomic E-state index is 0.0579. The van der Waals surface area contributed by atoms with E-state index in [9.17, 15) is 4.79 Å². The van der Waals surface area contributed by atoms with Gasteiger partial charge < -0.3 is 10.5 Å². The third-order valence-electron chi connectivity index (χ3n) is 2.89. The molecule has 0 unspecified atom stereocenters. The van der Waals surface area contributed by atoms with Crippen LogP contribution in [0.1, 0.15) is 30.0 Å². The van der Waals surface area contributed by atoms with Crippen LogP contribution in [0, 0.1) is 0 Å². The van der Waals surface area contributed by atoms with E-state index in [4.69, 9.17) is 10.5 Å². The molecular formula is C12H15N7O3S2. The van der Waals surface area contributed by atoms with Crippen LogP contribution in [-0.4, -0.2) is 54.1 Å². The minimum atomic E-state index is -0.553.